The molecule has 3 N–H and O–H groups in total. The Morgan fingerprint density at radius 3 is 2.37 bits per heavy atom. The molecule has 0 atom stereocenters. The van der Waals surface area contributed by atoms with Gasteiger partial charge in [-0.15, -0.1) is 0 Å². The zero-order valence-corrected chi connectivity index (χ0v) is 11.7. The van der Waals surface area contributed by atoms with Crippen LogP contribution in [0.2, 0.25) is 0 Å². The molecule has 0 bridgehead atoms. The third-order valence-corrected chi connectivity index (χ3v) is 4.58. The molecule has 7 heteroatoms. The molecule has 100 valence electrons. The Morgan fingerprint density at radius 2 is 1.89 bits per heavy atom. The van der Waals surface area contributed by atoms with Crippen LogP contribution in [-0.4, -0.2) is 18.6 Å². The van der Waals surface area contributed by atoms with Crippen LogP contribution >= 0.6 is 11.6 Å². The normalized spacial score (nSPS) is 18.0. The van der Waals surface area contributed by atoms with Crippen LogP contribution in [0, 0.1) is 12.3 Å². The monoisotopic (exact) mass is 297 g/mol. The molecule has 0 aliphatic carbocycles. The number of aryl methyl sites for hydroxylation is 1. The van der Waals surface area contributed by atoms with E-state index in [2.05, 4.69) is 0 Å². The highest BCUT2D eigenvalue weighted by molar-refractivity contribution is 7.89. The molecule has 1 aliphatic heterocycles. The van der Waals surface area contributed by atoms with Gasteiger partial charge >= 0.3 is 0 Å². The molecule has 0 fully saturated rings. The maximum atomic E-state index is 12.4. The molecule has 5 nitrogen and oxygen atoms in total. The zero-order chi connectivity index (χ0) is 14.2. The van der Waals surface area contributed by atoms with Crippen molar-refractivity contribution in [2.45, 2.75) is 11.8 Å². The minimum absolute atomic E-state index is 0.108. The fraction of sp³-hybridized carbons (Fsp3) is 0.0833. The van der Waals surface area contributed by atoms with Gasteiger partial charge in [0, 0.05) is 6.20 Å². The summed E-state index contributed by atoms with van der Waals surface area (Å²) >= 11 is 5.60. The van der Waals surface area contributed by atoms with Crippen LogP contribution in [-0.2, 0) is 10.0 Å². The minimum atomic E-state index is -3.80. The van der Waals surface area contributed by atoms with Crippen molar-refractivity contribution < 1.29 is 8.42 Å². The Hall–Kier alpha value is -1.79. The molecule has 1 aromatic rings. The van der Waals surface area contributed by atoms with Crippen molar-refractivity contribution in [1.82, 2.24) is 4.31 Å². The first-order valence-corrected chi connectivity index (χ1v) is 7.19. The van der Waals surface area contributed by atoms with E-state index in [1.54, 1.807) is 12.1 Å². The van der Waals surface area contributed by atoms with Gasteiger partial charge < -0.3 is 5.73 Å². The summed E-state index contributed by atoms with van der Waals surface area (Å²) in [6.45, 7) is 1.86. The summed E-state index contributed by atoms with van der Waals surface area (Å²) < 4.78 is 25.6. The number of rotatable bonds is 2. The first-order valence-electron chi connectivity index (χ1n) is 5.37. The number of benzene rings is 1. The molecular weight excluding hydrogens is 286 g/mol. The highest BCUT2D eigenvalue weighted by atomic mass is 35.5. The molecule has 0 amide bonds. The molecule has 0 aromatic heterocycles. The summed E-state index contributed by atoms with van der Waals surface area (Å²) in [5.74, 6) is -0.256. The van der Waals surface area contributed by atoms with E-state index in [0.29, 0.717) is 0 Å². The van der Waals surface area contributed by atoms with Crippen LogP contribution in [0.15, 0.2) is 52.2 Å². The van der Waals surface area contributed by atoms with Gasteiger partial charge in [0.2, 0.25) is 0 Å². The molecule has 0 unspecified atom stereocenters. The number of amidine groups is 1. The fourth-order valence-electron chi connectivity index (χ4n) is 1.63. The second-order valence-electron chi connectivity index (χ2n) is 4.04. The number of hydrogen-bond acceptors (Lipinski definition) is 4. The van der Waals surface area contributed by atoms with E-state index < -0.39 is 10.0 Å². The van der Waals surface area contributed by atoms with Gasteiger partial charge in [-0.2, -0.15) is 0 Å². The topological polar surface area (TPSA) is 87.2 Å². The summed E-state index contributed by atoms with van der Waals surface area (Å²) in [5.41, 5.74) is 6.53. The van der Waals surface area contributed by atoms with E-state index in [1.165, 1.54) is 24.4 Å². The predicted molar refractivity (Wildman–Crippen MR) is 74.1 cm³/mol. The summed E-state index contributed by atoms with van der Waals surface area (Å²) in [4.78, 5) is 0.113. The van der Waals surface area contributed by atoms with Gasteiger partial charge in [0.25, 0.3) is 10.0 Å². The summed E-state index contributed by atoms with van der Waals surface area (Å²) in [7, 11) is -3.80. The Morgan fingerprint density at radius 1 is 1.32 bits per heavy atom. The van der Waals surface area contributed by atoms with Crippen LogP contribution in [0.5, 0.6) is 0 Å². The summed E-state index contributed by atoms with van der Waals surface area (Å²) in [6.07, 6.45) is 2.67. The number of nitrogens with zero attached hydrogens (tertiary/aromatic N) is 1. The van der Waals surface area contributed by atoms with Gasteiger partial charge in [0.15, 0.2) is 0 Å². The standard InChI is InChI=1S/C12H12ClN3O2S/c1-8-2-4-9(5-3-8)19(17,18)16-7-6-10(11(13)14)12(16)15/h2-7,15H,14H2,1H3/b11-10-,15-12?. The average molecular weight is 298 g/mol. The Balaban J connectivity index is 2.43. The second-order valence-corrected chi connectivity index (χ2v) is 6.26. The second kappa shape index (κ2) is 4.71. The van der Waals surface area contributed by atoms with Crippen molar-refractivity contribution in [3.63, 3.8) is 0 Å². The Kier molecular flexibility index (Phi) is 3.38. The first-order chi connectivity index (χ1) is 8.84. The van der Waals surface area contributed by atoms with Crippen LogP contribution in [0.4, 0.5) is 0 Å². The molecule has 0 spiro atoms. The highest BCUT2D eigenvalue weighted by Crippen LogP contribution is 2.25. The molecule has 19 heavy (non-hydrogen) atoms. The fourth-order valence-corrected chi connectivity index (χ4v) is 3.05. The molecular formula is C12H12ClN3O2S. The third kappa shape index (κ3) is 2.36. The molecule has 1 aliphatic rings. The molecule has 2 rings (SSSR count). The SMILES string of the molecule is Cc1ccc(S(=O)(=O)N2C=C/C(=C(/N)Cl)C2=N)cc1. The van der Waals surface area contributed by atoms with E-state index in [4.69, 9.17) is 22.7 Å². The van der Waals surface area contributed by atoms with Crippen LogP contribution in [0.1, 0.15) is 5.56 Å². The molecule has 0 saturated heterocycles. The van der Waals surface area contributed by atoms with Crippen molar-refractivity contribution in [2.24, 2.45) is 5.73 Å². The minimum Gasteiger partial charge on any atom is -0.389 e. The van der Waals surface area contributed by atoms with Crippen LogP contribution in [0.3, 0.4) is 0 Å². The largest absolute Gasteiger partial charge is 0.389 e. The van der Waals surface area contributed by atoms with Crippen molar-refractivity contribution in [3.05, 3.63) is 52.8 Å². The maximum Gasteiger partial charge on any atom is 0.269 e. The molecule has 0 saturated carbocycles. The Bertz CT molecular complexity index is 686. The number of sulfonamides is 1. The van der Waals surface area contributed by atoms with Crippen molar-refractivity contribution in [1.29, 1.82) is 5.41 Å². The van der Waals surface area contributed by atoms with E-state index in [0.717, 1.165) is 9.87 Å². The molecule has 0 radical (unpaired) electrons. The summed E-state index contributed by atoms with van der Waals surface area (Å²) in [5, 5.41) is 7.69. The highest BCUT2D eigenvalue weighted by Gasteiger charge is 2.30. The lowest BCUT2D eigenvalue weighted by molar-refractivity contribution is 0.564. The predicted octanol–water partition coefficient (Wildman–Crippen LogP) is 1.90. The van der Waals surface area contributed by atoms with Gasteiger partial charge in [0.05, 0.1) is 10.5 Å². The van der Waals surface area contributed by atoms with Gasteiger partial charge in [-0.1, -0.05) is 29.3 Å². The number of nitrogens with one attached hydrogen (secondary N) is 1. The lowest BCUT2D eigenvalue weighted by Gasteiger charge is -2.16. The first kappa shape index (κ1) is 13.6. The lowest BCUT2D eigenvalue weighted by atomic mass is 10.2. The van der Waals surface area contributed by atoms with E-state index in [9.17, 15) is 8.42 Å². The lowest BCUT2D eigenvalue weighted by Crippen LogP contribution is -2.29. The van der Waals surface area contributed by atoms with Gasteiger partial charge in [-0.3, -0.25) is 5.41 Å². The van der Waals surface area contributed by atoms with Crippen LogP contribution in [0.25, 0.3) is 0 Å². The third-order valence-electron chi connectivity index (χ3n) is 2.69. The van der Waals surface area contributed by atoms with Gasteiger partial charge in [-0.25, -0.2) is 12.7 Å². The quantitative estimate of drug-likeness (QED) is 0.817. The van der Waals surface area contributed by atoms with E-state index in [1.807, 2.05) is 6.92 Å². The average Bonchev–Trinajstić information content (AvgIpc) is 2.72. The number of halogens is 1. The molecule has 1 heterocycles. The number of hydrogen-bond donors (Lipinski definition) is 2. The number of nitrogens with two attached hydrogens (primary N) is 1. The van der Waals surface area contributed by atoms with Crippen molar-refractivity contribution in [2.75, 3.05) is 0 Å². The Labute approximate surface area is 116 Å². The van der Waals surface area contributed by atoms with Crippen molar-refractivity contribution >= 4 is 27.5 Å². The maximum absolute atomic E-state index is 12.4. The summed E-state index contributed by atoms with van der Waals surface area (Å²) in [6, 6.07) is 6.39. The smallest absolute Gasteiger partial charge is 0.269 e. The van der Waals surface area contributed by atoms with Crippen LogP contribution < -0.4 is 5.73 Å². The van der Waals surface area contributed by atoms with E-state index in [-0.39, 0.29) is 21.5 Å². The van der Waals surface area contributed by atoms with E-state index >= 15 is 0 Å². The van der Waals surface area contributed by atoms with Gasteiger partial charge in [0.1, 0.15) is 11.0 Å². The molecule has 1 aromatic carbocycles. The zero-order valence-electron chi connectivity index (χ0n) is 10.1. The van der Waals surface area contributed by atoms with Gasteiger partial charge in [-0.05, 0) is 25.1 Å². The van der Waals surface area contributed by atoms with Crippen molar-refractivity contribution in [3.8, 4) is 0 Å².